The summed E-state index contributed by atoms with van der Waals surface area (Å²) in [6.45, 7) is 3.64. The number of amides is 2. The summed E-state index contributed by atoms with van der Waals surface area (Å²) in [5.74, 6) is -1.36. The van der Waals surface area contributed by atoms with Crippen LogP contribution in [0.15, 0.2) is 53.4 Å². The highest BCUT2D eigenvalue weighted by Gasteiger charge is 2.34. The minimum atomic E-state index is -0.901. The molecule has 0 fully saturated rings. The minimum Gasteiger partial charge on any atom is -0.480 e. The predicted molar refractivity (Wildman–Crippen MR) is 99.5 cm³/mol. The molecule has 0 saturated carbocycles. The van der Waals surface area contributed by atoms with Crippen molar-refractivity contribution in [2.45, 2.75) is 29.9 Å². The number of hydrogen-bond acceptors (Lipinski definition) is 4. The highest BCUT2D eigenvalue weighted by Crippen LogP contribution is 2.32. The summed E-state index contributed by atoms with van der Waals surface area (Å²) < 4.78 is -0.901. The molecule has 0 spiro atoms. The van der Waals surface area contributed by atoms with E-state index in [-0.39, 0.29) is 11.8 Å². The van der Waals surface area contributed by atoms with Crippen molar-refractivity contribution in [2.24, 2.45) is 0 Å². The summed E-state index contributed by atoms with van der Waals surface area (Å²) >= 11 is 1.28. The van der Waals surface area contributed by atoms with Crippen molar-refractivity contribution in [1.29, 1.82) is 0 Å². The molecule has 0 saturated heterocycles. The van der Waals surface area contributed by atoms with Crippen molar-refractivity contribution < 1.29 is 19.5 Å². The number of carboxylic acids is 1. The molecule has 3 rings (SSSR count). The van der Waals surface area contributed by atoms with E-state index in [4.69, 9.17) is 0 Å². The van der Waals surface area contributed by atoms with Crippen molar-refractivity contribution in [3.05, 3.63) is 65.2 Å². The molecule has 1 heterocycles. The lowest BCUT2D eigenvalue weighted by atomic mass is 10.1. The van der Waals surface area contributed by atoms with Crippen LogP contribution in [0.4, 0.5) is 0 Å². The number of carbonyl (C=O) groups is 3. The summed E-state index contributed by atoms with van der Waals surface area (Å²) in [5.41, 5.74) is 1.90. The monoisotopic (exact) mass is 369 g/mol. The van der Waals surface area contributed by atoms with Crippen LogP contribution >= 0.6 is 11.8 Å². The molecule has 134 valence electrons. The molecule has 0 aromatic heterocycles. The first-order valence-corrected chi connectivity index (χ1v) is 9.08. The Morgan fingerprint density at radius 3 is 2.04 bits per heavy atom. The Kier molecular flexibility index (Phi) is 4.87. The van der Waals surface area contributed by atoms with Crippen molar-refractivity contribution in [3.8, 4) is 0 Å². The SMILES string of the molecule is CC(C)(Sc1ccc(CCN2C(=O)c3ccccc3C2=O)cc1)C(=O)O. The largest absolute Gasteiger partial charge is 0.480 e. The molecule has 2 amide bonds. The first-order chi connectivity index (χ1) is 12.3. The van der Waals surface area contributed by atoms with Crippen LogP contribution in [0.25, 0.3) is 0 Å². The van der Waals surface area contributed by atoms with E-state index in [9.17, 15) is 19.5 Å². The Labute approximate surface area is 156 Å². The van der Waals surface area contributed by atoms with Crippen LogP contribution in [0.5, 0.6) is 0 Å². The highest BCUT2D eigenvalue weighted by atomic mass is 32.2. The number of benzene rings is 2. The molecule has 0 bridgehead atoms. The van der Waals surface area contributed by atoms with Gasteiger partial charge in [0.15, 0.2) is 0 Å². The maximum Gasteiger partial charge on any atom is 0.319 e. The van der Waals surface area contributed by atoms with Crippen LogP contribution in [0.1, 0.15) is 40.1 Å². The fourth-order valence-corrected chi connectivity index (χ4v) is 3.69. The number of rotatable bonds is 6. The van der Waals surface area contributed by atoms with Gasteiger partial charge in [0.2, 0.25) is 0 Å². The second-order valence-electron chi connectivity index (χ2n) is 6.62. The van der Waals surface area contributed by atoms with Crippen LogP contribution < -0.4 is 0 Å². The third kappa shape index (κ3) is 3.51. The van der Waals surface area contributed by atoms with Crippen LogP contribution in [0, 0.1) is 0 Å². The smallest absolute Gasteiger partial charge is 0.319 e. The maximum atomic E-state index is 12.3. The Balaban J connectivity index is 1.64. The number of hydrogen-bond donors (Lipinski definition) is 1. The van der Waals surface area contributed by atoms with Gasteiger partial charge in [-0.3, -0.25) is 19.3 Å². The fourth-order valence-electron chi connectivity index (χ4n) is 2.75. The molecule has 0 unspecified atom stereocenters. The van der Waals surface area contributed by atoms with E-state index in [0.717, 1.165) is 10.5 Å². The standard InChI is InChI=1S/C20H19NO4S/c1-20(2,19(24)25)26-14-9-7-13(8-10-14)11-12-21-17(22)15-5-3-4-6-16(15)18(21)23/h3-10H,11-12H2,1-2H3,(H,24,25). The molecule has 0 atom stereocenters. The molecule has 1 aliphatic rings. The lowest BCUT2D eigenvalue weighted by molar-refractivity contribution is -0.138. The van der Waals surface area contributed by atoms with Crippen molar-refractivity contribution >= 4 is 29.5 Å². The van der Waals surface area contributed by atoms with Gasteiger partial charge in [-0.2, -0.15) is 0 Å². The Morgan fingerprint density at radius 1 is 1.00 bits per heavy atom. The predicted octanol–water partition coefficient (Wildman–Crippen LogP) is 3.48. The van der Waals surface area contributed by atoms with Crippen LogP contribution in [0.2, 0.25) is 0 Å². The zero-order valence-electron chi connectivity index (χ0n) is 14.6. The molecular formula is C20H19NO4S. The minimum absolute atomic E-state index is 0.249. The number of carbonyl (C=O) groups excluding carboxylic acids is 2. The van der Waals surface area contributed by atoms with Crippen LogP contribution in [0.3, 0.4) is 0 Å². The maximum absolute atomic E-state index is 12.3. The molecule has 0 aliphatic carbocycles. The van der Waals surface area contributed by atoms with E-state index < -0.39 is 10.7 Å². The Bertz CT molecular complexity index is 839. The summed E-state index contributed by atoms with van der Waals surface area (Å²) in [6.07, 6.45) is 0.554. The van der Waals surface area contributed by atoms with Crippen molar-refractivity contribution in [1.82, 2.24) is 4.90 Å². The fraction of sp³-hybridized carbons (Fsp3) is 0.250. The van der Waals surface area contributed by atoms with Gasteiger partial charge in [0.25, 0.3) is 11.8 Å². The number of fused-ring (bicyclic) bond motifs is 1. The number of nitrogens with zero attached hydrogens (tertiary/aromatic N) is 1. The van der Waals surface area contributed by atoms with E-state index in [1.807, 2.05) is 24.3 Å². The van der Waals surface area contributed by atoms with Crippen molar-refractivity contribution in [3.63, 3.8) is 0 Å². The second kappa shape index (κ2) is 6.96. The van der Waals surface area contributed by atoms with E-state index >= 15 is 0 Å². The number of carboxylic acid groups (broad SMARTS) is 1. The topological polar surface area (TPSA) is 74.7 Å². The number of aliphatic carboxylic acids is 1. The summed E-state index contributed by atoms with van der Waals surface area (Å²) in [5, 5.41) is 9.20. The quantitative estimate of drug-likeness (QED) is 0.623. The summed E-state index contributed by atoms with van der Waals surface area (Å²) in [6, 6.07) is 14.4. The lowest BCUT2D eigenvalue weighted by Gasteiger charge is -2.18. The Morgan fingerprint density at radius 2 is 1.54 bits per heavy atom. The molecule has 2 aromatic carbocycles. The zero-order chi connectivity index (χ0) is 18.9. The van der Waals surface area contributed by atoms with Gasteiger partial charge in [-0.25, -0.2) is 0 Å². The third-order valence-corrected chi connectivity index (χ3v) is 5.51. The zero-order valence-corrected chi connectivity index (χ0v) is 15.4. The lowest BCUT2D eigenvalue weighted by Crippen LogP contribution is -2.31. The molecule has 1 aliphatic heterocycles. The third-order valence-electron chi connectivity index (χ3n) is 4.31. The number of thioether (sulfide) groups is 1. The summed E-state index contributed by atoms with van der Waals surface area (Å²) in [7, 11) is 0. The molecular weight excluding hydrogens is 350 g/mol. The van der Waals surface area contributed by atoms with Gasteiger partial charge in [0, 0.05) is 11.4 Å². The van der Waals surface area contributed by atoms with Gasteiger partial charge in [0.05, 0.1) is 11.1 Å². The second-order valence-corrected chi connectivity index (χ2v) is 8.32. The normalized spacial score (nSPS) is 13.8. The van der Waals surface area contributed by atoms with E-state index in [0.29, 0.717) is 24.1 Å². The molecule has 2 aromatic rings. The molecule has 26 heavy (non-hydrogen) atoms. The molecule has 6 heteroatoms. The van der Waals surface area contributed by atoms with Gasteiger partial charge in [-0.1, -0.05) is 24.3 Å². The average Bonchev–Trinajstić information content (AvgIpc) is 2.85. The molecule has 1 N–H and O–H groups in total. The first kappa shape index (κ1) is 18.2. The Hall–Kier alpha value is -2.60. The average molecular weight is 369 g/mol. The summed E-state index contributed by atoms with van der Waals surface area (Å²) in [4.78, 5) is 38.0. The van der Waals surface area contributed by atoms with E-state index in [1.54, 1.807) is 38.1 Å². The highest BCUT2D eigenvalue weighted by molar-refractivity contribution is 8.01. The number of imide groups is 1. The van der Waals surface area contributed by atoms with Gasteiger partial charge in [0.1, 0.15) is 4.75 Å². The van der Waals surface area contributed by atoms with Gasteiger partial charge in [-0.05, 0) is 50.1 Å². The van der Waals surface area contributed by atoms with Crippen LogP contribution in [-0.2, 0) is 11.2 Å². The first-order valence-electron chi connectivity index (χ1n) is 8.26. The van der Waals surface area contributed by atoms with E-state index in [2.05, 4.69) is 0 Å². The van der Waals surface area contributed by atoms with Gasteiger partial charge in [-0.15, -0.1) is 11.8 Å². The molecule has 5 nitrogen and oxygen atoms in total. The van der Waals surface area contributed by atoms with Crippen LogP contribution in [-0.4, -0.2) is 39.1 Å². The van der Waals surface area contributed by atoms with Crippen molar-refractivity contribution in [2.75, 3.05) is 6.54 Å². The van der Waals surface area contributed by atoms with E-state index in [1.165, 1.54) is 16.7 Å². The van der Waals surface area contributed by atoms with Gasteiger partial charge >= 0.3 is 5.97 Å². The van der Waals surface area contributed by atoms with Gasteiger partial charge < -0.3 is 5.11 Å². The molecule has 0 radical (unpaired) electrons.